The molecule has 0 atom stereocenters. The van der Waals surface area contributed by atoms with Crippen LogP contribution in [0, 0.1) is 16.7 Å². The normalized spacial score (nSPS) is 18.8. The van der Waals surface area contributed by atoms with Gasteiger partial charge in [-0.2, -0.15) is 5.26 Å². The molecule has 4 heteroatoms. The van der Waals surface area contributed by atoms with E-state index in [4.69, 9.17) is 14.4 Å². The van der Waals surface area contributed by atoms with Crippen LogP contribution < -0.4 is 5.32 Å². The molecule has 0 saturated carbocycles. The highest BCUT2D eigenvalue weighted by Gasteiger charge is 2.26. The fourth-order valence-corrected chi connectivity index (χ4v) is 2.06. The van der Waals surface area contributed by atoms with Gasteiger partial charge in [-0.25, -0.2) is 0 Å². The van der Waals surface area contributed by atoms with Gasteiger partial charge in [0.15, 0.2) is 0 Å². The number of hydrogen-bond acceptors (Lipinski definition) is 4. The van der Waals surface area contributed by atoms with Crippen molar-refractivity contribution < 1.29 is 9.15 Å². The SMILES string of the molecule is CC1(CNCc2ccc(C#N)o2)CCOCC1. The number of ether oxygens (including phenoxy) is 1. The minimum atomic E-state index is 0.322. The average molecular weight is 234 g/mol. The van der Waals surface area contributed by atoms with Crippen LogP contribution >= 0.6 is 0 Å². The van der Waals surface area contributed by atoms with Crippen molar-refractivity contribution >= 4 is 0 Å². The number of hydrogen-bond donors (Lipinski definition) is 1. The highest BCUT2D eigenvalue weighted by Crippen LogP contribution is 2.28. The van der Waals surface area contributed by atoms with Gasteiger partial charge in [0.1, 0.15) is 11.8 Å². The molecule has 4 nitrogen and oxygen atoms in total. The van der Waals surface area contributed by atoms with Crippen molar-refractivity contribution in [2.45, 2.75) is 26.3 Å². The van der Waals surface area contributed by atoms with Crippen LogP contribution in [0.2, 0.25) is 0 Å². The van der Waals surface area contributed by atoms with Crippen molar-refractivity contribution in [1.82, 2.24) is 5.32 Å². The largest absolute Gasteiger partial charge is 0.449 e. The van der Waals surface area contributed by atoms with Gasteiger partial charge in [-0.1, -0.05) is 6.92 Å². The Morgan fingerprint density at radius 3 is 2.82 bits per heavy atom. The molecule has 1 aliphatic heterocycles. The summed E-state index contributed by atoms with van der Waals surface area (Å²) in [7, 11) is 0. The molecule has 1 aromatic heterocycles. The van der Waals surface area contributed by atoms with Gasteiger partial charge in [0.25, 0.3) is 0 Å². The minimum absolute atomic E-state index is 0.322. The summed E-state index contributed by atoms with van der Waals surface area (Å²) in [6.45, 7) is 5.64. The Hall–Kier alpha value is -1.31. The molecule has 0 aromatic carbocycles. The van der Waals surface area contributed by atoms with Gasteiger partial charge in [0, 0.05) is 19.8 Å². The second kappa shape index (κ2) is 5.35. The van der Waals surface area contributed by atoms with Crippen LogP contribution in [0.4, 0.5) is 0 Å². The van der Waals surface area contributed by atoms with E-state index in [0.29, 0.717) is 17.7 Å². The fourth-order valence-electron chi connectivity index (χ4n) is 2.06. The molecule has 1 saturated heterocycles. The van der Waals surface area contributed by atoms with Gasteiger partial charge in [-0.05, 0) is 30.4 Å². The lowest BCUT2D eigenvalue weighted by molar-refractivity contribution is 0.0238. The number of furan rings is 1. The number of nitriles is 1. The van der Waals surface area contributed by atoms with Crippen molar-refractivity contribution in [2.75, 3.05) is 19.8 Å². The molecule has 1 aromatic rings. The van der Waals surface area contributed by atoms with E-state index in [1.54, 1.807) is 6.07 Å². The lowest BCUT2D eigenvalue weighted by Crippen LogP contribution is -2.36. The Kier molecular flexibility index (Phi) is 3.82. The first-order valence-corrected chi connectivity index (χ1v) is 5.99. The number of nitrogens with zero attached hydrogens (tertiary/aromatic N) is 1. The van der Waals surface area contributed by atoms with Crippen LogP contribution in [0.15, 0.2) is 16.5 Å². The maximum atomic E-state index is 8.64. The number of rotatable bonds is 4. The van der Waals surface area contributed by atoms with E-state index in [1.807, 2.05) is 12.1 Å². The third-order valence-electron chi connectivity index (χ3n) is 3.32. The van der Waals surface area contributed by atoms with Gasteiger partial charge in [-0.15, -0.1) is 0 Å². The Morgan fingerprint density at radius 2 is 2.18 bits per heavy atom. The molecule has 92 valence electrons. The van der Waals surface area contributed by atoms with Crippen LogP contribution in [0.1, 0.15) is 31.3 Å². The Labute approximate surface area is 102 Å². The predicted octanol–water partition coefficient (Wildman–Crippen LogP) is 2.06. The second-order valence-corrected chi connectivity index (χ2v) is 4.90. The van der Waals surface area contributed by atoms with Gasteiger partial charge in [-0.3, -0.25) is 0 Å². The van der Waals surface area contributed by atoms with E-state index in [0.717, 1.165) is 38.4 Å². The predicted molar refractivity (Wildman–Crippen MR) is 63.3 cm³/mol. The van der Waals surface area contributed by atoms with Crippen LogP contribution in [0.3, 0.4) is 0 Å². The van der Waals surface area contributed by atoms with Gasteiger partial charge in [0.05, 0.1) is 6.54 Å². The first kappa shape index (κ1) is 12.2. The smallest absolute Gasteiger partial charge is 0.203 e. The Balaban J connectivity index is 1.77. The van der Waals surface area contributed by atoms with Crippen molar-refractivity contribution in [3.63, 3.8) is 0 Å². The molecule has 2 heterocycles. The lowest BCUT2D eigenvalue weighted by atomic mass is 9.82. The second-order valence-electron chi connectivity index (χ2n) is 4.90. The zero-order chi connectivity index (χ0) is 12.1. The van der Waals surface area contributed by atoms with Gasteiger partial charge >= 0.3 is 0 Å². The summed E-state index contributed by atoms with van der Waals surface area (Å²) in [4.78, 5) is 0. The molecule has 0 unspecified atom stereocenters. The molecule has 2 rings (SSSR count). The summed E-state index contributed by atoms with van der Waals surface area (Å²) in [5.74, 6) is 1.19. The summed E-state index contributed by atoms with van der Waals surface area (Å²) >= 11 is 0. The third kappa shape index (κ3) is 3.32. The molecule has 0 amide bonds. The molecular weight excluding hydrogens is 216 g/mol. The summed E-state index contributed by atoms with van der Waals surface area (Å²) in [5.41, 5.74) is 0.322. The van der Waals surface area contributed by atoms with E-state index in [1.165, 1.54) is 0 Å². The van der Waals surface area contributed by atoms with E-state index >= 15 is 0 Å². The monoisotopic (exact) mass is 234 g/mol. The van der Waals surface area contributed by atoms with E-state index in [-0.39, 0.29) is 0 Å². The Bertz CT molecular complexity index is 400. The zero-order valence-electron chi connectivity index (χ0n) is 10.2. The zero-order valence-corrected chi connectivity index (χ0v) is 10.2. The van der Waals surface area contributed by atoms with Gasteiger partial charge < -0.3 is 14.5 Å². The van der Waals surface area contributed by atoms with Crippen molar-refractivity contribution in [1.29, 1.82) is 5.26 Å². The fraction of sp³-hybridized carbons (Fsp3) is 0.615. The quantitative estimate of drug-likeness (QED) is 0.866. The molecule has 0 spiro atoms. The summed E-state index contributed by atoms with van der Waals surface area (Å²) in [6.07, 6.45) is 2.20. The number of nitrogens with one attached hydrogen (secondary N) is 1. The highest BCUT2D eigenvalue weighted by atomic mass is 16.5. The molecular formula is C13H18N2O2. The van der Waals surface area contributed by atoms with E-state index in [9.17, 15) is 0 Å². The topological polar surface area (TPSA) is 58.2 Å². The van der Waals surface area contributed by atoms with Crippen LogP contribution in [-0.4, -0.2) is 19.8 Å². The molecule has 17 heavy (non-hydrogen) atoms. The Morgan fingerprint density at radius 1 is 1.41 bits per heavy atom. The summed E-state index contributed by atoms with van der Waals surface area (Å²) < 4.78 is 10.7. The molecule has 1 fully saturated rings. The van der Waals surface area contributed by atoms with Crippen LogP contribution in [0.25, 0.3) is 0 Å². The average Bonchev–Trinajstić information content (AvgIpc) is 2.78. The molecule has 0 radical (unpaired) electrons. The molecule has 1 N–H and O–H groups in total. The summed E-state index contributed by atoms with van der Waals surface area (Å²) in [6, 6.07) is 5.53. The van der Waals surface area contributed by atoms with Crippen molar-refractivity contribution in [2.24, 2.45) is 5.41 Å². The first-order valence-electron chi connectivity index (χ1n) is 5.99. The standard InChI is InChI=1S/C13H18N2O2/c1-13(4-6-16-7-5-13)10-15-9-12-3-2-11(8-14)17-12/h2-3,15H,4-7,9-10H2,1H3. The van der Waals surface area contributed by atoms with Crippen LogP contribution in [0.5, 0.6) is 0 Å². The molecule has 1 aliphatic rings. The van der Waals surface area contributed by atoms with E-state index in [2.05, 4.69) is 12.2 Å². The molecule has 0 bridgehead atoms. The lowest BCUT2D eigenvalue weighted by Gasteiger charge is -2.33. The minimum Gasteiger partial charge on any atom is -0.449 e. The maximum absolute atomic E-state index is 8.64. The van der Waals surface area contributed by atoms with Crippen LogP contribution in [-0.2, 0) is 11.3 Å². The van der Waals surface area contributed by atoms with Crippen molar-refractivity contribution in [3.8, 4) is 6.07 Å². The third-order valence-corrected chi connectivity index (χ3v) is 3.32. The van der Waals surface area contributed by atoms with E-state index < -0.39 is 0 Å². The molecule has 0 aliphatic carbocycles. The van der Waals surface area contributed by atoms with Gasteiger partial charge in [0.2, 0.25) is 5.76 Å². The highest BCUT2D eigenvalue weighted by molar-refractivity contribution is 5.18. The maximum Gasteiger partial charge on any atom is 0.203 e. The first-order chi connectivity index (χ1) is 8.22. The summed E-state index contributed by atoms with van der Waals surface area (Å²) in [5, 5.41) is 12.0. The van der Waals surface area contributed by atoms with Crippen molar-refractivity contribution in [3.05, 3.63) is 23.7 Å².